The van der Waals surface area contributed by atoms with Crippen LogP contribution >= 0.6 is 0 Å². The molecule has 2 aliphatic heterocycles. The first-order valence-electron chi connectivity index (χ1n) is 23.3. The van der Waals surface area contributed by atoms with Crippen LogP contribution in [0.3, 0.4) is 0 Å². The normalized spacial score (nSPS) is 43.9. The molecule has 6 rings (SSSR count). The van der Waals surface area contributed by atoms with Crippen LogP contribution in [0.25, 0.3) is 0 Å². The van der Waals surface area contributed by atoms with Crippen molar-refractivity contribution >= 4 is 11.8 Å². The molecule has 2 heterocycles. The number of carbonyl (C=O) groups is 2. The van der Waals surface area contributed by atoms with Gasteiger partial charge in [-0.05, 0) is 91.3 Å². The maximum absolute atomic E-state index is 13.1. The van der Waals surface area contributed by atoms with Crippen molar-refractivity contribution in [3.63, 3.8) is 0 Å². The molecule has 0 aromatic heterocycles. The first-order valence-corrected chi connectivity index (χ1v) is 23.3. The molecule has 6 aliphatic rings. The third-order valence-corrected chi connectivity index (χ3v) is 16.5. The van der Waals surface area contributed by atoms with Gasteiger partial charge >= 0.3 is 5.97 Å². The van der Waals surface area contributed by atoms with Gasteiger partial charge in [-0.2, -0.15) is 0 Å². The molecule has 5 N–H and O–H groups in total. The van der Waals surface area contributed by atoms with E-state index in [0.29, 0.717) is 11.3 Å². The first-order chi connectivity index (χ1) is 28.0. The number of hydrogen-bond donors (Lipinski definition) is 5. The van der Waals surface area contributed by atoms with E-state index in [4.69, 9.17) is 23.7 Å². The Morgan fingerprint density at radius 3 is 2.31 bits per heavy atom. The van der Waals surface area contributed by atoms with Crippen molar-refractivity contribution < 1.29 is 58.8 Å². The van der Waals surface area contributed by atoms with Gasteiger partial charge in [-0.15, -0.1) is 0 Å². The second-order valence-electron chi connectivity index (χ2n) is 20.5. The predicted molar refractivity (Wildman–Crippen MR) is 220 cm³/mol. The van der Waals surface area contributed by atoms with E-state index >= 15 is 0 Å². The Kier molecular flexibility index (Phi) is 15.9. The summed E-state index contributed by atoms with van der Waals surface area (Å²) in [6, 6.07) is 0. The number of Topliss-reactive ketones (excluding diaryl/α,β-unsaturated/α-hetero) is 1. The number of ether oxygens (including phenoxy) is 5. The zero-order chi connectivity index (χ0) is 42.8. The molecule has 0 bridgehead atoms. The summed E-state index contributed by atoms with van der Waals surface area (Å²) >= 11 is 0. The van der Waals surface area contributed by atoms with E-state index in [1.54, 1.807) is 13.8 Å². The van der Waals surface area contributed by atoms with Gasteiger partial charge in [-0.3, -0.25) is 9.59 Å². The predicted octanol–water partition coefficient (Wildman–Crippen LogP) is 5.87. The van der Waals surface area contributed by atoms with Gasteiger partial charge in [0, 0.05) is 31.1 Å². The van der Waals surface area contributed by atoms with E-state index in [9.17, 15) is 35.1 Å². The lowest BCUT2D eigenvalue weighted by Crippen LogP contribution is -2.61. The van der Waals surface area contributed by atoms with Gasteiger partial charge in [0.2, 0.25) is 0 Å². The Labute approximate surface area is 353 Å². The van der Waals surface area contributed by atoms with Crippen molar-refractivity contribution in [2.24, 2.45) is 58.2 Å². The lowest BCUT2D eigenvalue weighted by Gasteiger charge is -2.58. The summed E-state index contributed by atoms with van der Waals surface area (Å²) in [5.74, 6) is 2.83. The van der Waals surface area contributed by atoms with Crippen molar-refractivity contribution in [3.8, 4) is 0 Å². The quantitative estimate of drug-likeness (QED) is 0.0870. The van der Waals surface area contributed by atoms with E-state index in [1.165, 1.54) is 50.5 Å². The minimum Gasteiger partial charge on any atom is -0.462 e. The molecular weight excluding hydrogens is 757 g/mol. The molecule has 59 heavy (non-hydrogen) atoms. The number of rotatable bonds is 17. The molecule has 0 aromatic carbocycles. The van der Waals surface area contributed by atoms with Crippen LogP contribution in [-0.4, -0.2) is 112 Å². The average Bonchev–Trinajstić information content (AvgIpc) is 3.56. The van der Waals surface area contributed by atoms with Crippen LogP contribution in [0.15, 0.2) is 11.6 Å². The van der Waals surface area contributed by atoms with E-state index in [2.05, 4.69) is 40.7 Å². The van der Waals surface area contributed by atoms with Gasteiger partial charge in [0.15, 0.2) is 12.6 Å². The second kappa shape index (κ2) is 19.9. The Hall–Kier alpha value is -1.48. The molecule has 18 atom stereocenters. The Morgan fingerprint density at radius 2 is 1.59 bits per heavy atom. The fourth-order valence-corrected chi connectivity index (χ4v) is 12.8. The Balaban J connectivity index is 0.962. The molecule has 12 heteroatoms. The molecule has 4 aliphatic carbocycles. The van der Waals surface area contributed by atoms with Crippen LogP contribution in [0, 0.1) is 58.2 Å². The summed E-state index contributed by atoms with van der Waals surface area (Å²) in [6.45, 7) is 14.6. The number of fused-ring (bicyclic) bond motifs is 5. The van der Waals surface area contributed by atoms with Crippen LogP contribution in [0.1, 0.15) is 138 Å². The summed E-state index contributed by atoms with van der Waals surface area (Å²) in [5, 5.41) is 51.1. The number of ketones is 1. The van der Waals surface area contributed by atoms with E-state index in [-0.39, 0.29) is 49.1 Å². The monoisotopic (exact) mass is 835 g/mol. The van der Waals surface area contributed by atoms with Crippen molar-refractivity contribution in [1.29, 1.82) is 0 Å². The van der Waals surface area contributed by atoms with E-state index in [1.807, 2.05) is 0 Å². The number of esters is 1. The van der Waals surface area contributed by atoms with Crippen LogP contribution in [0.4, 0.5) is 0 Å². The van der Waals surface area contributed by atoms with Crippen LogP contribution < -0.4 is 0 Å². The van der Waals surface area contributed by atoms with Crippen LogP contribution in [0.2, 0.25) is 0 Å². The molecule has 0 radical (unpaired) electrons. The average molecular weight is 835 g/mol. The van der Waals surface area contributed by atoms with Gasteiger partial charge in [0.1, 0.15) is 36.3 Å². The zero-order valence-corrected chi connectivity index (χ0v) is 37.0. The maximum Gasteiger partial charge on any atom is 0.306 e. The molecule has 2 saturated heterocycles. The number of aliphatic hydroxyl groups is 5. The fourth-order valence-electron chi connectivity index (χ4n) is 12.8. The summed E-state index contributed by atoms with van der Waals surface area (Å²) in [7, 11) is 0. The number of allylic oxidation sites excluding steroid dienone is 1. The molecule has 0 spiro atoms. The van der Waals surface area contributed by atoms with Gasteiger partial charge in [-0.25, -0.2) is 0 Å². The number of carbonyl (C=O) groups excluding carboxylic acids is 2. The minimum atomic E-state index is -1.31. The fraction of sp³-hybridized carbons (Fsp3) is 0.915. The van der Waals surface area contributed by atoms with Crippen molar-refractivity contribution in [3.05, 3.63) is 11.6 Å². The Bertz CT molecular complexity index is 1430. The SMILES string of the molecule is CC(C)CCC[C@@H](C)[C@H]1CCC2C3CC=C4C[C@H](OC(=O)CCC(=O)CCO[C@@H]5C(C)C(O)OC(CO)[C@@H]5O[C@@H]5OC(CO)[C@H](O)[C@H](O)C5C)CC[C@]4(C)C3CC[C@@]21C. The van der Waals surface area contributed by atoms with E-state index < -0.39 is 74.3 Å². The van der Waals surface area contributed by atoms with Gasteiger partial charge in [0.25, 0.3) is 0 Å². The van der Waals surface area contributed by atoms with Gasteiger partial charge in [-0.1, -0.05) is 79.4 Å². The zero-order valence-electron chi connectivity index (χ0n) is 37.0. The maximum atomic E-state index is 13.1. The second-order valence-corrected chi connectivity index (χ2v) is 20.5. The topological polar surface area (TPSA) is 181 Å². The third kappa shape index (κ3) is 10.0. The minimum absolute atomic E-state index is 0.00448. The Morgan fingerprint density at radius 1 is 0.847 bits per heavy atom. The third-order valence-electron chi connectivity index (χ3n) is 16.5. The molecule has 8 unspecified atom stereocenters. The highest BCUT2D eigenvalue weighted by atomic mass is 16.7. The summed E-state index contributed by atoms with van der Waals surface area (Å²) in [4.78, 5) is 26.1. The molecular formula is C47H78O12. The molecule has 0 aromatic rings. The lowest BCUT2D eigenvalue weighted by atomic mass is 9.47. The highest BCUT2D eigenvalue weighted by Crippen LogP contribution is 2.67. The largest absolute Gasteiger partial charge is 0.462 e. The molecule has 12 nitrogen and oxygen atoms in total. The number of aliphatic hydroxyl groups excluding tert-OH is 5. The molecule has 0 amide bonds. The van der Waals surface area contributed by atoms with E-state index in [0.717, 1.165) is 55.3 Å². The van der Waals surface area contributed by atoms with Crippen LogP contribution in [-0.2, 0) is 33.3 Å². The highest BCUT2D eigenvalue weighted by Gasteiger charge is 2.59. The summed E-state index contributed by atoms with van der Waals surface area (Å²) in [5.41, 5.74) is 2.09. The molecule has 5 fully saturated rings. The van der Waals surface area contributed by atoms with Gasteiger partial charge < -0.3 is 49.2 Å². The first kappa shape index (κ1) is 47.0. The smallest absolute Gasteiger partial charge is 0.306 e. The summed E-state index contributed by atoms with van der Waals surface area (Å²) in [6.07, 6.45) is 6.84. The molecule has 3 saturated carbocycles. The standard InChI is InChI=1S/C47H78O12/c1-26(2)9-8-10-27(3)34-14-15-35-33-13-11-30-23-32(17-20-46(30,6)36(33)18-21-47(34,35)7)56-39(51)16-12-31(50)19-22-55-42-29(5)44(54)57-38(25-49)43(42)59-45-28(4)40(52)41(53)37(24-48)58-45/h11,26-29,32-38,40-45,48-49,52-54H,8-10,12-25H2,1-7H3/t27-,28?,29?,32-,33?,34-,35?,36?,37?,38?,40-,41+,42-,43+,44?,45+,46+,47-/m1/s1. The highest BCUT2D eigenvalue weighted by molar-refractivity contribution is 5.83. The van der Waals surface area contributed by atoms with Crippen molar-refractivity contribution in [1.82, 2.24) is 0 Å². The van der Waals surface area contributed by atoms with Crippen molar-refractivity contribution in [2.75, 3.05) is 19.8 Å². The van der Waals surface area contributed by atoms with Gasteiger partial charge in [0.05, 0.1) is 38.4 Å². The van der Waals surface area contributed by atoms with Crippen molar-refractivity contribution in [2.45, 2.75) is 194 Å². The summed E-state index contributed by atoms with van der Waals surface area (Å²) < 4.78 is 29.6. The molecule has 338 valence electrons. The van der Waals surface area contributed by atoms with Crippen LogP contribution in [0.5, 0.6) is 0 Å². The lowest BCUT2D eigenvalue weighted by molar-refractivity contribution is -0.343. The number of hydrogen-bond acceptors (Lipinski definition) is 12.